The molecule has 0 spiro atoms. The van der Waals surface area contributed by atoms with Gasteiger partial charge in [0.25, 0.3) is 5.91 Å². The van der Waals surface area contributed by atoms with Crippen molar-refractivity contribution in [1.29, 1.82) is 0 Å². The molecular weight excluding hydrogens is 252 g/mol. The molecule has 0 bridgehead atoms. The Kier molecular flexibility index (Phi) is 4.23. The molecule has 4 nitrogen and oxygen atoms in total. The van der Waals surface area contributed by atoms with E-state index in [1.165, 1.54) is 4.68 Å². The van der Waals surface area contributed by atoms with Gasteiger partial charge in [-0.05, 0) is 38.0 Å². The third-order valence-corrected chi connectivity index (χ3v) is 3.47. The molecule has 0 amide bonds. The summed E-state index contributed by atoms with van der Waals surface area (Å²) in [5.41, 5.74) is 3.53. The normalized spacial score (nSPS) is 10.6. The Morgan fingerprint density at radius 3 is 2.65 bits per heavy atom. The van der Waals surface area contributed by atoms with Crippen LogP contribution in [0, 0.1) is 13.8 Å². The number of methoxy groups -OCH3 is 1. The largest absolute Gasteiger partial charge is 0.496 e. The van der Waals surface area contributed by atoms with Crippen LogP contribution in [0.1, 0.15) is 40.7 Å². The number of carbonyl (C=O) groups is 1. The van der Waals surface area contributed by atoms with Crippen molar-refractivity contribution in [2.45, 2.75) is 33.6 Å². The summed E-state index contributed by atoms with van der Waals surface area (Å²) in [5.74, 6) is 0.424. The first-order valence-electron chi connectivity index (χ1n) is 6.83. The fraction of sp³-hybridized carbons (Fsp3) is 0.375. The number of carbonyl (C=O) groups excluding carboxylic acids is 1. The number of rotatable bonds is 4. The maximum absolute atomic E-state index is 12.6. The predicted molar refractivity (Wildman–Crippen MR) is 78.4 cm³/mol. The highest BCUT2D eigenvalue weighted by Crippen LogP contribution is 2.21. The lowest BCUT2D eigenvalue weighted by atomic mass is 10.1. The summed E-state index contributed by atoms with van der Waals surface area (Å²) in [4.78, 5) is 12.6. The lowest BCUT2D eigenvalue weighted by Gasteiger charge is -2.08. The molecule has 0 aliphatic carbocycles. The molecule has 1 heterocycles. The van der Waals surface area contributed by atoms with Gasteiger partial charge in [0.05, 0.1) is 18.4 Å². The lowest BCUT2D eigenvalue weighted by molar-refractivity contribution is 0.0939. The Hall–Kier alpha value is -2.10. The Labute approximate surface area is 119 Å². The van der Waals surface area contributed by atoms with E-state index >= 15 is 0 Å². The minimum absolute atomic E-state index is 0.148. The highest BCUT2D eigenvalue weighted by molar-refractivity contribution is 5.98. The number of hydrogen-bond donors (Lipinski definition) is 0. The van der Waals surface area contributed by atoms with E-state index in [4.69, 9.17) is 4.74 Å². The van der Waals surface area contributed by atoms with Crippen molar-refractivity contribution < 1.29 is 9.53 Å². The second-order valence-corrected chi connectivity index (χ2v) is 4.82. The lowest BCUT2D eigenvalue weighted by Crippen LogP contribution is -2.16. The molecule has 2 rings (SSSR count). The average molecular weight is 272 g/mol. The molecule has 0 saturated heterocycles. The van der Waals surface area contributed by atoms with Crippen LogP contribution in [0.25, 0.3) is 0 Å². The number of nitrogens with zero attached hydrogens (tertiary/aromatic N) is 2. The van der Waals surface area contributed by atoms with Crippen molar-refractivity contribution in [3.8, 4) is 5.75 Å². The van der Waals surface area contributed by atoms with Gasteiger partial charge in [0.15, 0.2) is 0 Å². The van der Waals surface area contributed by atoms with Gasteiger partial charge in [0.2, 0.25) is 0 Å². The van der Waals surface area contributed by atoms with Crippen LogP contribution >= 0.6 is 0 Å². The molecule has 0 fully saturated rings. The molecule has 2 aromatic rings. The first kappa shape index (κ1) is 14.3. The van der Waals surface area contributed by atoms with Crippen molar-refractivity contribution in [2.75, 3.05) is 7.11 Å². The number of para-hydroxylation sites is 1. The highest BCUT2D eigenvalue weighted by Gasteiger charge is 2.19. The van der Waals surface area contributed by atoms with E-state index < -0.39 is 0 Å². The van der Waals surface area contributed by atoms with Crippen LogP contribution in [0.15, 0.2) is 24.3 Å². The summed E-state index contributed by atoms with van der Waals surface area (Å²) in [6.45, 7) is 6.01. The maximum atomic E-state index is 12.6. The number of hydrogen-bond acceptors (Lipinski definition) is 3. The third kappa shape index (κ3) is 2.46. The average Bonchev–Trinajstić information content (AvgIpc) is 2.75. The van der Waals surface area contributed by atoms with E-state index in [0.717, 1.165) is 29.8 Å². The van der Waals surface area contributed by atoms with Crippen molar-refractivity contribution >= 4 is 5.91 Å². The number of aromatic nitrogens is 2. The zero-order valence-corrected chi connectivity index (χ0v) is 12.4. The summed E-state index contributed by atoms with van der Waals surface area (Å²) >= 11 is 0. The summed E-state index contributed by atoms with van der Waals surface area (Å²) in [6.07, 6.45) is 1.98. The molecule has 0 unspecified atom stereocenters. The van der Waals surface area contributed by atoms with Gasteiger partial charge in [-0.3, -0.25) is 4.79 Å². The first-order chi connectivity index (χ1) is 9.60. The Balaban J connectivity index is 2.46. The van der Waals surface area contributed by atoms with E-state index in [1.54, 1.807) is 19.2 Å². The van der Waals surface area contributed by atoms with Crippen LogP contribution in [-0.4, -0.2) is 22.8 Å². The van der Waals surface area contributed by atoms with E-state index in [9.17, 15) is 4.79 Å². The number of aryl methyl sites for hydroxylation is 1. The van der Waals surface area contributed by atoms with E-state index in [2.05, 4.69) is 12.0 Å². The number of ether oxygens (including phenoxy) is 1. The predicted octanol–water partition coefficient (Wildman–Crippen LogP) is 3.15. The number of benzene rings is 1. The van der Waals surface area contributed by atoms with E-state index in [0.29, 0.717) is 11.3 Å². The quantitative estimate of drug-likeness (QED) is 0.858. The topological polar surface area (TPSA) is 44.1 Å². The van der Waals surface area contributed by atoms with Crippen molar-refractivity contribution in [1.82, 2.24) is 9.78 Å². The summed E-state index contributed by atoms with van der Waals surface area (Å²) in [7, 11) is 1.57. The van der Waals surface area contributed by atoms with Crippen LogP contribution in [0.5, 0.6) is 5.75 Å². The molecule has 0 atom stereocenters. The molecular formula is C16H20N2O2. The fourth-order valence-corrected chi connectivity index (χ4v) is 2.42. The Morgan fingerprint density at radius 2 is 2.00 bits per heavy atom. The molecule has 4 heteroatoms. The van der Waals surface area contributed by atoms with Gasteiger partial charge in [0.1, 0.15) is 5.75 Å². The SMILES string of the molecule is CCCc1c(C)nn(C(=O)c2ccccc2OC)c1C. The molecule has 0 saturated carbocycles. The van der Waals surface area contributed by atoms with Gasteiger partial charge in [-0.15, -0.1) is 0 Å². The summed E-state index contributed by atoms with van der Waals surface area (Å²) in [6, 6.07) is 7.22. The highest BCUT2D eigenvalue weighted by atomic mass is 16.5. The molecule has 106 valence electrons. The molecule has 0 aliphatic rings. The van der Waals surface area contributed by atoms with E-state index in [-0.39, 0.29) is 5.91 Å². The zero-order valence-electron chi connectivity index (χ0n) is 12.4. The minimum atomic E-state index is -0.148. The molecule has 20 heavy (non-hydrogen) atoms. The van der Waals surface area contributed by atoms with Crippen LogP contribution < -0.4 is 4.74 Å². The monoisotopic (exact) mass is 272 g/mol. The van der Waals surface area contributed by atoms with Crippen LogP contribution in [0.3, 0.4) is 0 Å². The second kappa shape index (κ2) is 5.90. The zero-order chi connectivity index (χ0) is 14.7. The second-order valence-electron chi connectivity index (χ2n) is 4.82. The third-order valence-electron chi connectivity index (χ3n) is 3.47. The molecule has 0 N–H and O–H groups in total. The smallest absolute Gasteiger partial charge is 0.282 e. The van der Waals surface area contributed by atoms with Crippen LogP contribution in [0.2, 0.25) is 0 Å². The van der Waals surface area contributed by atoms with Crippen molar-refractivity contribution in [3.63, 3.8) is 0 Å². The fourth-order valence-electron chi connectivity index (χ4n) is 2.42. The molecule has 1 aromatic heterocycles. The van der Waals surface area contributed by atoms with Gasteiger partial charge >= 0.3 is 0 Å². The van der Waals surface area contributed by atoms with Gasteiger partial charge < -0.3 is 4.74 Å². The van der Waals surface area contributed by atoms with Gasteiger partial charge in [-0.2, -0.15) is 5.10 Å². The molecule has 1 aromatic carbocycles. The maximum Gasteiger partial charge on any atom is 0.282 e. The van der Waals surface area contributed by atoms with Crippen LogP contribution in [-0.2, 0) is 6.42 Å². The van der Waals surface area contributed by atoms with Gasteiger partial charge in [0, 0.05) is 5.69 Å². The van der Waals surface area contributed by atoms with Gasteiger partial charge in [-0.25, -0.2) is 4.68 Å². The van der Waals surface area contributed by atoms with Crippen molar-refractivity contribution in [3.05, 3.63) is 46.8 Å². The molecule has 0 aliphatic heterocycles. The van der Waals surface area contributed by atoms with E-state index in [1.807, 2.05) is 26.0 Å². The summed E-state index contributed by atoms with van der Waals surface area (Å²) < 4.78 is 6.73. The Morgan fingerprint density at radius 1 is 1.30 bits per heavy atom. The van der Waals surface area contributed by atoms with Gasteiger partial charge in [-0.1, -0.05) is 25.5 Å². The summed E-state index contributed by atoms with van der Waals surface area (Å²) in [5, 5.41) is 4.39. The first-order valence-corrected chi connectivity index (χ1v) is 6.83. The standard InChI is InChI=1S/C16H20N2O2/c1-5-8-13-11(2)17-18(12(13)3)16(19)14-9-6-7-10-15(14)20-4/h6-7,9-10H,5,8H2,1-4H3. The minimum Gasteiger partial charge on any atom is -0.496 e. The van der Waals surface area contributed by atoms with Crippen LogP contribution in [0.4, 0.5) is 0 Å². The molecule has 0 radical (unpaired) electrons. The Bertz CT molecular complexity index is 629. The van der Waals surface area contributed by atoms with Crippen molar-refractivity contribution in [2.24, 2.45) is 0 Å².